The minimum absolute atomic E-state index is 0.144. The van der Waals surface area contributed by atoms with Gasteiger partial charge in [-0.05, 0) is 58.0 Å². The molecular formula is C32H30O2. The molecule has 0 fully saturated rings. The van der Waals surface area contributed by atoms with E-state index in [4.69, 9.17) is 9.47 Å². The molecule has 0 saturated carbocycles. The summed E-state index contributed by atoms with van der Waals surface area (Å²) in [5, 5.41) is 2.01. The molecular weight excluding hydrogens is 416 g/mol. The number of hydrogen-bond acceptors (Lipinski definition) is 2. The molecule has 2 nitrogen and oxygen atoms in total. The summed E-state index contributed by atoms with van der Waals surface area (Å²) in [6.07, 6.45) is 0. The number of hydrogen-bond donors (Lipinski definition) is 0. The fraction of sp³-hybridized carbons (Fsp3) is 0.188. The van der Waals surface area contributed by atoms with E-state index in [1.807, 2.05) is 24.3 Å². The predicted octanol–water partition coefficient (Wildman–Crippen LogP) is 6.63. The Morgan fingerprint density at radius 2 is 1.56 bits per heavy atom. The summed E-state index contributed by atoms with van der Waals surface area (Å²) in [4.78, 5) is 0. The quantitative estimate of drug-likeness (QED) is 0.308. The largest absolute Gasteiger partial charge is 0.489 e. The molecule has 0 saturated heterocycles. The average molecular weight is 447 g/mol. The average Bonchev–Trinajstić information content (AvgIpc) is 2.81. The van der Waals surface area contributed by atoms with Gasteiger partial charge in [0.05, 0.1) is 0 Å². The minimum Gasteiger partial charge on any atom is -0.489 e. The number of ether oxygens (including phenoxy) is 2. The van der Waals surface area contributed by atoms with Gasteiger partial charge in [-0.25, -0.2) is 0 Å². The lowest BCUT2D eigenvalue weighted by Crippen LogP contribution is -2.19. The van der Waals surface area contributed by atoms with Crippen LogP contribution in [0.25, 0.3) is 12.2 Å². The van der Waals surface area contributed by atoms with Crippen LogP contribution in [-0.2, 0) is 12.0 Å². The van der Waals surface area contributed by atoms with Gasteiger partial charge in [-0.1, -0.05) is 88.0 Å². The summed E-state index contributed by atoms with van der Waals surface area (Å²) in [5.41, 5.74) is 7.29. The van der Waals surface area contributed by atoms with E-state index < -0.39 is 0 Å². The number of aryl methyl sites for hydroxylation is 1. The van der Waals surface area contributed by atoms with Crippen LogP contribution in [0.3, 0.4) is 0 Å². The van der Waals surface area contributed by atoms with Crippen molar-refractivity contribution in [3.8, 4) is 17.2 Å². The van der Waals surface area contributed by atoms with E-state index in [0.29, 0.717) is 6.61 Å². The molecule has 1 aliphatic rings. The SMILES string of the molecule is C=c1ccc2c(c1)Oc1cc(OCc3ccc(C(C)(C)C)cc3)ccc1C=2c1ccccc1C. The third-order valence-corrected chi connectivity index (χ3v) is 6.40. The lowest BCUT2D eigenvalue weighted by atomic mass is 9.87. The second-order valence-corrected chi connectivity index (χ2v) is 10.0. The van der Waals surface area contributed by atoms with Crippen LogP contribution in [0.5, 0.6) is 17.2 Å². The molecule has 0 unspecified atom stereocenters. The van der Waals surface area contributed by atoms with Crippen molar-refractivity contribution in [3.63, 3.8) is 0 Å². The molecule has 2 heteroatoms. The zero-order valence-corrected chi connectivity index (χ0v) is 20.3. The highest BCUT2D eigenvalue weighted by Crippen LogP contribution is 2.39. The highest BCUT2D eigenvalue weighted by molar-refractivity contribution is 5.86. The molecule has 0 N–H and O–H groups in total. The van der Waals surface area contributed by atoms with Crippen LogP contribution < -0.4 is 19.9 Å². The summed E-state index contributed by atoms with van der Waals surface area (Å²) >= 11 is 0. The highest BCUT2D eigenvalue weighted by atomic mass is 16.5. The summed E-state index contributed by atoms with van der Waals surface area (Å²) in [6.45, 7) is 13.4. The van der Waals surface area contributed by atoms with E-state index in [1.165, 1.54) is 22.3 Å². The van der Waals surface area contributed by atoms with Crippen LogP contribution in [0, 0.1) is 6.92 Å². The molecule has 0 atom stereocenters. The molecule has 0 spiro atoms. The standard InChI is InChI=1S/C32H30O2/c1-21-10-16-27-29(18-21)34-30-19-25(33-20-23-11-13-24(14-12-23)32(3,4)5)15-17-28(30)31(27)26-9-7-6-8-22(26)2/h6-19H,1,20H2,2-5H3. The molecule has 1 heterocycles. The Bertz CT molecular complexity index is 1470. The fourth-order valence-corrected chi connectivity index (χ4v) is 4.42. The maximum absolute atomic E-state index is 6.35. The van der Waals surface area contributed by atoms with Gasteiger partial charge in [-0.2, -0.15) is 0 Å². The highest BCUT2D eigenvalue weighted by Gasteiger charge is 2.21. The molecule has 0 aromatic heterocycles. The van der Waals surface area contributed by atoms with Crippen molar-refractivity contribution in [1.82, 2.24) is 0 Å². The maximum Gasteiger partial charge on any atom is 0.139 e. The Balaban J connectivity index is 1.49. The van der Waals surface area contributed by atoms with Gasteiger partial charge in [-0.15, -0.1) is 0 Å². The number of fused-ring (bicyclic) bond motifs is 2. The van der Waals surface area contributed by atoms with Crippen LogP contribution in [0.4, 0.5) is 0 Å². The Labute approximate surface area is 201 Å². The van der Waals surface area contributed by atoms with Crippen molar-refractivity contribution in [2.24, 2.45) is 0 Å². The summed E-state index contributed by atoms with van der Waals surface area (Å²) < 4.78 is 12.5. The lowest BCUT2D eigenvalue weighted by molar-refractivity contribution is 0.304. The van der Waals surface area contributed by atoms with Gasteiger partial charge in [0.15, 0.2) is 0 Å². The van der Waals surface area contributed by atoms with E-state index in [1.54, 1.807) is 0 Å². The molecule has 5 rings (SSSR count). The second kappa shape index (κ2) is 8.53. The van der Waals surface area contributed by atoms with Crippen molar-refractivity contribution in [1.29, 1.82) is 0 Å². The molecule has 0 aliphatic carbocycles. The van der Waals surface area contributed by atoms with Crippen molar-refractivity contribution in [2.75, 3.05) is 0 Å². The summed E-state index contributed by atoms with van der Waals surface area (Å²) in [5.74, 6) is 2.42. The molecule has 0 radical (unpaired) electrons. The Morgan fingerprint density at radius 3 is 2.29 bits per heavy atom. The first-order chi connectivity index (χ1) is 16.3. The van der Waals surface area contributed by atoms with Gasteiger partial charge in [-0.3, -0.25) is 0 Å². The molecule has 1 aliphatic heterocycles. The lowest BCUT2D eigenvalue weighted by Gasteiger charge is -2.23. The zero-order chi connectivity index (χ0) is 23.9. The van der Waals surface area contributed by atoms with Crippen molar-refractivity contribution < 1.29 is 9.47 Å². The van der Waals surface area contributed by atoms with Gasteiger partial charge < -0.3 is 9.47 Å². The topological polar surface area (TPSA) is 18.5 Å². The Kier molecular flexibility index (Phi) is 5.53. The van der Waals surface area contributed by atoms with Crippen LogP contribution in [0.15, 0.2) is 84.9 Å². The number of benzene rings is 4. The van der Waals surface area contributed by atoms with E-state index in [2.05, 4.69) is 94.9 Å². The molecule has 0 amide bonds. The first-order valence-electron chi connectivity index (χ1n) is 11.7. The van der Waals surface area contributed by atoms with E-state index in [-0.39, 0.29) is 5.41 Å². The molecule has 170 valence electrons. The van der Waals surface area contributed by atoms with Gasteiger partial charge in [0, 0.05) is 22.4 Å². The third-order valence-electron chi connectivity index (χ3n) is 6.40. The van der Waals surface area contributed by atoms with Crippen molar-refractivity contribution in [3.05, 3.63) is 123 Å². The van der Waals surface area contributed by atoms with E-state index in [0.717, 1.165) is 38.8 Å². The molecule has 34 heavy (non-hydrogen) atoms. The summed E-state index contributed by atoms with van der Waals surface area (Å²) in [7, 11) is 0. The van der Waals surface area contributed by atoms with Gasteiger partial charge in [0.1, 0.15) is 23.9 Å². The summed E-state index contributed by atoms with van der Waals surface area (Å²) in [6, 6.07) is 29.4. The van der Waals surface area contributed by atoms with Gasteiger partial charge in [0.25, 0.3) is 0 Å². The number of rotatable bonds is 4. The second-order valence-electron chi connectivity index (χ2n) is 10.0. The Morgan fingerprint density at radius 1 is 0.794 bits per heavy atom. The van der Waals surface area contributed by atoms with Crippen LogP contribution in [-0.4, -0.2) is 0 Å². The van der Waals surface area contributed by atoms with Crippen LogP contribution >= 0.6 is 0 Å². The Hall–Kier alpha value is -3.78. The van der Waals surface area contributed by atoms with Crippen LogP contribution in [0.1, 0.15) is 48.6 Å². The third kappa shape index (κ3) is 4.24. The van der Waals surface area contributed by atoms with E-state index >= 15 is 0 Å². The van der Waals surface area contributed by atoms with E-state index in [9.17, 15) is 0 Å². The monoisotopic (exact) mass is 446 g/mol. The molecule has 0 bridgehead atoms. The first kappa shape index (κ1) is 22.0. The predicted molar refractivity (Wildman–Crippen MR) is 140 cm³/mol. The molecule has 4 aromatic carbocycles. The first-order valence-corrected chi connectivity index (χ1v) is 11.7. The van der Waals surface area contributed by atoms with Crippen LogP contribution in [0.2, 0.25) is 0 Å². The zero-order valence-electron chi connectivity index (χ0n) is 20.3. The minimum atomic E-state index is 0.144. The van der Waals surface area contributed by atoms with Crippen molar-refractivity contribution in [2.45, 2.75) is 39.7 Å². The normalized spacial score (nSPS) is 12.5. The fourth-order valence-electron chi connectivity index (χ4n) is 4.42. The smallest absolute Gasteiger partial charge is 0.139 e. The van der Waals surface area contributed by atoms with Gasteiger partial charge in [0.2, 0.25) is 0 Å². The van der Waals surface area contributed by atoms with Gasteiger partial charge >= 0.3 is 0 Å². The van der Waals surface area contributed by atoms with Crippen molar-refractivity contribution >= 4 is 12.2 Å². The maximum atomic E-state index is 6.35. The molecule has 4 aromatic rings.